The van der Waals surface area contributed by atoms with Gasteiger partial charge < -0.3 is 14.2 Å². The van der Waals surface area contributed by atoms with Gasteiger partial charge in [0.1, 0.15) is 13.2 Å². The summed E-state index contributed by atoms with van der Waals surface area (Å²) < 4.78 is 16.7. The van der Waals surface area contributed by atoms with E-state index in [-0.39, 0.29) is 37.5 Å². The molecule has 0 spiro atoms. The Morgan fingerprint density at radius 1 is 0.339 bits per heavy atom. The third kappa shape index (κ3) is 47.4. The molecular formula is C56H92O6. The molecule has 0 saturated heterocycles. The molecular weight excluding hydrogens is 769 g/mol. The number of carbonyl (C=O) groups excluding carboxylic acids is 3. The monoisotopic (exact) mass is 861 g/mol. The molecule has 0 saturated carbocycles. The topological polar surface area (TPSA) is 78.9 Å². The summed E-state index contributed by atoms with van der Waals surface area (Å²) in [6.45, 7) is 6.39. The lowest BCUT2D eigenvalue weighted by Gasteiger charge is -2.18. The number of allylic oxidation sites excluding steroid dienone is 16. The molecule has 0 aromatic heterocycles. The van der Waals surface area contributed by atoms with Crippen molar-refractivity contribution in [3.05, 3.63) is 97.2 Å². The van der Waals surface area contributed by atoms with Gasteiger partial charge in [0.2, 0.25) is 0 Å². The zero-order valence-electron chi connectivity index (χ0n) is 40.1. The number of unbranched alkanes of at least 4 members (excludes halogenated alkanes) is 22. The predicted octanol–water partition coefficient (Wildman–Crippen LogP) is 16.6. The molecule has 0 aromatic carbocycles. The van der Waals surface area contributed by atoms with Crippen LogP contribution in [0, 0.1) is 0 Å². The highest BCUT2D eigenvalue weighted by molar-refractivity contribution is 5.71. The molecule has 0 fully saturated rings. The Bertz CT molecular complexity index is 1260. The van der Waals surface area contributed by atoms with Crippen LogP contribution in [0.15, 0.2) is 97.2 Å². The van der Waals surface area contributed by atoms with Crippen LogP contribution in [-0.2, 0) is 28.6 Å². The van der Waals surface area contributed by atoms with Crippen molar-refractivity contribution in [1.82, 2.24) is 0 Å². The van der Waals surface area contributed by atoms with Crippen LogP contribution >= 0.6 is 0 Å². The van der Waals surface area contributed by atoms with E-state index < -0.39 is 6.10 Å². The summed E-state index contributed by atoms with van der Waals surface area (Å²) in [7, 11) is 0. The molecule has 6 heteroatoms. The summed E-state index contributed by atoms with van der Waals surface area (Å²) in [5.41, 5.74) is 0. The summed E-state index contributed by atoms with van der Waals surface area (Å²) in [6.07, 6.45) is 65.3. The molecule has 352 valence electrons. The zero-order chi connectivity index (χ0) is 45.1. The van der Waals surface area contributed by atoms with Crippen molar-refractivity contribution in [1.29, 1.82) is 0 Å². The van der Waals surface area contributed by atoms with Gasteiger partial charge in [0.05, 0.1) is 0 Å². The molecule has 0 heterocycles. The molecule has 0 bridgehead atoms. The van der Waals surface area contributed by atoms with Crippen molar-refractivity contribution < 1.29 is 28.6 Å². The van der Waals surface area contributed by atoms with Crippen molar-refractivity contribution in [2.24, 2.45) is 0 Å². The maximum absolute atomic E-state index is 12.8. The SMILES string of the molecule is CC\C=C/C=C\C=C/C=C\CCCCCC(=O)OC(COC(=O)CCCCC/C=C\CCCCCCCC)COC(=O)CCCCCCC\C=C/C=C\C=C/CCCCCCC. The molecule has 0 aliphatic rings. The van der Waals surface area contributed by atoms with Crippen LogP contribution in [-0.4, -0.2) is 37.2 Å². The van der Waals surface area contributed by atoms with Crippen LogP contribution in [0.25, 0.3) is 0 Å². The number of carbonyl (C=O) groups is 3. The van der Waals surface area contributed by atoms with E-state index in [1.807, 2.05) is 36.5 Å². The molecule has 0 radical (unpaired) electrons. The Hall–Kier alpha value is -3.67. The molecule has 0 N–H and O–H groups in total. The standard InChI is InChI=1S/C56H92O6/c1-4-7-10-13-16-19-22-25-26-27-28-29-32-34-37-40-43-46-49-55(58)61-52-53(62-56(59)50-47-44-41-38-35-31-24-21-18-15-12-9-6-3)51-60-54(57)48-45-42-39-36-33-30-23-20-17-14-11-8-5-2/h9,12,15,18,21-22,24-31,33,35,53H,4-8,10-11,13-14,16-17,19-20,23,32,34,36-52H2,1-3H3/b12-9-,18-15-,24-21-,25-22-,27-26-,29-28-,33-30-,35-31-. The van der Waals surface area contributed by atoms with Crippen LogP contribution in [0.4, 0.5) is 0 Å². The fourth-order valence-corrected chi connectivity index (χ4v) is 6.62. The van der Waals surface area contributed by atoms with E-state index in [1.165, 1.54) is 70.6 Å². The summed E-state index contributed by atoms with van der Waals surface area (Å²) in [4.78, 5) is 37.9. The Balaban J connectivity index is 4.50. The smallest absolute Gasteiger partial charge is 0.306 e. The summed E-state index contributed by atoms with van der Waals surface area (Å²) >= 11 is 0. The molecule has 0 aromatic rings. The van der Waals surface area contributed by atoms with Crippen molar-refractivity contribution in [3.63, 3.8) is 0 Å². The van der Waals surface area contributed by atoms with E-state index >= 15 is 0 Å². The molecule has 0 amide bonds. The van der Waals surface area contributed by atoms with Crippen molar-refractivity contribution in [2.75, 3.05) is 13.2 Å². The maximum Gasteiger partial charge on any atom is 0.306 e. The van der Waals surface area contributed by atoms with Crippen molar-refractivity contribution in [3.8, 4) is 0 Å². The van der Waals surface area contributed by atoms with Gasteiger partial charge in [-0.05, 0) is 89.9 Å². The molecule has 1 unspecified atom stereocenters. The highest BCUT2D eigenvalue weighted by Crippen LogP contribution is 2.13. The highest BCUT2D eigenvalue weighted by atomic mass is 16.6. The van der Waals surface area contributed by atoms with Gasteiger partial charge in [0.25, 0.3) is 0 Å². The van der Waals surface area contributed by atoms with E-state index in [0.717, 1.165) is 103 Å². The lowest BCUT2D eigenvalue weighted by Crippen LogP contribution is -2.30. The summed E-state index contributed by atoms with van der Waals surface area (Å²) in [5, 5.41) is 0. The second kappa shape index (κ2) is 50.0. The normalized spacial score (nSPS) is 12.9. The number of ether oxygens (including phenoxy) is 3. The second-order valence-electron chi connectivity index (χ2n) is 16.5. The van der Waals surface area contributed by atoms with Crippen LogP contribution in [0.1, 0.15) is 220 Å². The van der Waals surface area contributed by atoms with Gasteiger partial charge in [-0.15, -0.1) is 0 Å². The zero-order valence-corrected chi connectivity index (χ0v) is 40.1. The first-order chi connectivity index (χ1) is 30.5. The Morgan fingerprint density at radius 3 is 1.05 bits per heavy atom. The summed E-state index contributed by atoms with van der Waals surface area (Å²) in [6, 6.07) is 0. The second-order valence-corrected chi connectivity index (χ2v) is 16.5. The average Bonchev–Trinajstić information content (AvgIpc) is 3.27. The van der Waals surface area contributed by atoms with E-state index in [1.54, 1.807) is 0 Å². The third-order valence-electron chi connectivity index (χ3n) is 10.4. The summed E-state index contributed by atoms with van der Waals surface area (Å²) in [5.74, 6) is -0.989. The third-order valence-corrected chi connectivity index (χ3v) is 10.4. The first kappa shape index (κ1) is 58.3. The van der Waals surface area contributed by atoms with E-state index in [2.05, 4.69) is 81.5 Å². The first-order valence-electron chi connectivity index (χ1n) is 25.3. The quantitative estimate of drug-likeness (QED) is 0.0200. The van der Waals surface area contributed by atoms with Gasteiger partial charge in [-0.25, -0.2) is 0 Å². The Labute approximate surface area is 381 Å². The van der Waals surface area contributed by atoms with Crippen LogP contribution in [0.3, 0.4) is 0 Å². The van der Waals surface area contributed by atoms with Crippen molar-refractivity contribution in [2.45, 2.75) is 226 Å². The van der Waals surface area contributed by atoms with E-state index in [9.17, 15) is 14.4 Å². The van der Waals surface area contributed by atoms with Crippen LogP contribution < -0.4 is 0 Å². The fraction of sp³-hybridized carbons (Fsp3) is 0.661. The number of esters is 3. The number of rotatable bonds is 44. The van der Waals surface area contributed by atoms with Gasteiger partial charge in [0.15, 0.2) is 6.10 Å². The Morgan fingerprint density at radius 2 is 0.645 bits per heavy atom. The average molecular weight is 861 g/mol. The van der Waals surface area contributed by atoms with E-state index in [0.29, 0.717) is 19.3 Å². The fourth-order valence-electron chi connectivity index (χ4n) is 6.62. The lowest BCUT2D eigenvalue weighted by molar-refractivity contribution is -0.167. The number of hydrogen-bond donors (Lipinski definition) is 0. The Kier molecular flexibility index (Phi) is 47.0. The lowest BCUT2D eigenvalue weighted by atomic mass is 10.1. The van der Waals surface area contributed by atoms with Crippen LogP contribution in [0.2, 0.25) is 0 Å². The minimum absolute atomic E-state index is 0.110. The number of hydrogen-bond acceptors (Lipinski definition) is 6. The maximum atomic E-state index is 12.8. The van der Waals surface area contributed by atoms with Gasteiger partial charge in [-0.3, -0.25) is 14.4 Å². The minimum Gasteiger partial charge on any atom is -0.462 e. The van der Waals surface area contributed by atoms with Gasteiger partial charge in [-0.1, -0.05) is 208 Å². The molecule has 0 aliphatic heterocycles. The highest BCUT2D eigenvalue weighted by Gasteiger charge is 2.19. The van der Waals surface area contributed by atoms with Crippen LogP contribution in [0.5, 0.6) is 0 Å². The molecule has 6 nitrogen and oxygen atoms in total. The van der Waals surface area contributed by atoms with Gasteiger partial charge >= 0.3 is 17.9 Å². The first-order valence-corrected chi connectivity index (χ1v) is 25.3. The largest absolute Gasteiger partial charge is 0.462 e. The van der Waals surface area contributed by atoms with Crippen molar-refractivity contribution >= 4 is 17.9 Å². The van der Waals surface area contributed by atoms with E-state index in [4.69, 9.17) is 14.2 Å². The minimum atomic E-state index is -0.812. The molecule has 0 rings (SSSR count). The van der Waals surface area contributed by atoms with Gasteiger partial charge in [0, 0.05) is 19.3 Å². The molecule has 0 aliphatic carbocycles. The van der Waals surface area contributed by atoms with Gasteiger partial charge in [-0.2, -0.15) is 0 Å². The molecule has 62 heavy (non-hydrogen) atoms. The molecule has 1 atom stereocenters. The predicted molar refractivity (Wildman–Crippen MR) is 265 cm³/mol.